The third-order valence-corrected chi connectivity index (χ3v) is 5.00. The molecule has 1 N–H and O–H groups in total. The molecule has 0 aromatic heterocycles. The highest BCUT2D eigenvalue weighted by Crippen LogP contribution is 2.19. The Hall–Kier alpha value is -2.60. The Labute approximate surface area is 196 Å². The molecule has 0 spiro atoms. The van der Waals surface area contributed by atoms with Gasteiger partial charge < -0.3 is 19.9 Å². The first-order valence-electron chi connectivity index (χ1n) is 14.5. The summed E-state index contributed by atoms with van der Waals surface area (Å²) >= 11 is 0. The van der Waals surface area contributed by atoms with Crippen molar-refractivity contribution in [2.75, 3.05) is 26.7 Å². The van der Waals surface area contributed by atoms with Gasteiger partial charge in [-0.25, -0.2) is 9.18 Å². The zero-order valence-corrected chi connectivity index (χ0v) is 18.2. The van der Waals surface area contributed by atoms with E-state index >= 15 is 0 Å². The van der Waals surface area contributed by atoms with Crippen LogP contribution < -0.4 is 10.1 Å². The lowest BCUT2D eigenvalue weighted by molar-refractivity contribution is 0.127. The Morgan fingerprint density at radius 3 is 2.39 bits per heavy atom. The number of carbonyl (C=O) groups excluding carboxylic acids is 1. The molecule has 1 aliphatic heterocycles. The van der Waals surface area contributed by atoms with Gasteiger partial charge in [0.25, 0.3) is 0 Å². The fourth-order valence-corrected chi connectivity index (χ4v) is 3.25. The Morgan fingerprint density at radius 2 is 1.77 bits per heavy atom. The van der Waals surface area contributed by atoms with Crippen LogP contribution in [-0.2, 0) is 13.1 Å². The Balaban J connectivity index is 1.90. The van der Waals surface area contributed by atoms with Crippen molar-refractivity contribution in [3.8, 4) is 5.75 Å². The topological polar surface area (TPSA) is 44.8 Å². The molecule has 0 radical (unpaired) electrons. The van der Waals surface area contributed by atoms with Crippen LogP contribution in [0.25, 0.3) is 0 Å². The smallest absolute Gasteiger partial charge is 0.318 e. The molecule has 0 unspecified atom stereocenters. The van der Waals surface area contributed by atoms with Crippen molar-refractivity contribution in [3.63, 3.8) is 0 Å². The van der Waals surface area contributed by atoms with E-state index in [2.05, 4.69) is 10.2 Å². The highest BCUT2D eigenvalue weighted by atomic mass is 19.1. The molecule has 2 aromatic carbocycles. The molecule has 168 valence electrons. The number of nitrogens with one attached hydrogen (secondary N) is 1. The van der Waals surface area contributed by atoms with Gasteiger partial charge in [0.2, 0.25) is 0 Å². The summed E-state index contributed by atoms with van der Waals surface area (Å²) in [6.07, 6.45) is 1.16. The molecule has 5 nitrogen and oxygen atoms in total. The maximum absolute atomic E-state index is 14.1. The number of hydrogen-bond acceptors (Lipinski definition) is 3. The number of nitrogens with zero attached hydrogens (tertiary/aromatic N) is 2. The number of hydrogen-bond donors (Lipinski definition) is 1. The summed E-state index contributed by atoms with van der Waals surface area (Å²) in [5.74, 6) is -1.29. The largest absolute Gasteiger partial charge is 0.493 e. The van der Waals surface area contributed by atoms with E-state index in [1.807, 2.05) is 20.9 Å². The summed E-state index contributed by atoms with van der Waals surface area (Å²) in [4.78, 5) is 16.9. The number of urea groups is 1. The molecule has 0 saturated carbocycles. The maximum atomic E-state index is 14.1. The lowest BCUT2D eigenvalue weighted by Crippen LogP contribution is -2.49. The van der Waals surface area contributed by atoms with Crippen molar-refractivity contribution < 1.29 is 24.9 Å². The van der Waals surface area contributed by atoms with Crippen LogP contribution >= 0.6 is 0 Å². The molecule has 0 aliphatic carbocycles. The van der Waals surface area contributed by atoms with E-state index < -0.39 is 36.0 Å². The predicted molar refractivity (Wildman–Crippen MR) is 121 cm³/mol. The SMILES string of the molecule is [2H]c1c([2H])c(CN(C(=O)NCc2c([2H])c([2H])c(OCC(C)C)c([2H])c2[2H])C2CCN(C)CC2)c([2H])c([2H])c1F. The van der Waals surface area contributed by atoms with Gasteiger partial charge in [-0.05, 0) is 74.2 Å². The highest BCUT2D eigenvalue weighted by molar-refractivity contribution is 5.74. The van der Waals surface area contributed by atoms with Crippen LogP contribution in [-0.4, -0.2) is 48.6 Å². The third kappa shape index (κ3) is 7.24. The molecule has 6 heteroatoms. The van der Waals surface area contributed by atoms with E-state index in [1.54, 1.807) is 0 Å². The maximum Gasteiger partial charge on any atom is 0.318 e. The summed E-state index contributed by atoms with van der Waals surface area (Å²) < 4.78 is 84.9. The van der Waals surface area contributed by atoms with Crippen LogP contribution in [0.1, 0.15) is 48.8 Å². The van der Waals surface area contributed by atoms with E-state index in [-0.39, 0.29) is 72.7 Å². The van der Waals surface area contributed by atoms with Crippen molar-refractivity contribution in [1.29, 1.82) is 0 Å². The van der Waals surface area contributed by atoms with Crippen LogP contribution in [0.15, 0.2) is 48.3 Å². The minimum absolute atomic E-state index is 0.0235. The number of benzene rings is 2. The fourth-order valence-electron chi connectivity index (χ4n) is 3.25. The molecule has 1 heterocycles. The zero-order valence-electron chi connectivity index (χ0n) is 26.2. The summed E-state index contributed by atoms with van der Waals surface area (Å²) in [5.41, 5.74) is -0.138. The van der Waals surface area contributed by atoms with Crippen molar-refractivity contribution >= 4 is 6.03 Å². The average molecular weight is 436 g/mol. The van der Waals surface area contributed by atoms with Gasteiger partial charge in [-0.1, -0.05) is 38.0 Å². The van der Waals surface area contributed by atoms with Crippen molar-refractivity contribution in [2.45, 2.75) is 45.8 Å². The molecule has 31 heavy (non-hydrogen) atoms. The molecular weight excluding hydrogens is 393 g/mol. The molecule has 0 atom stereocenters. The van der Waals surface area contributed by atoms with Gasteiger partial charge in [-0.3, -0.25) is 0 Å². The van der Waals surface area contributed by atoms with Crippen LogP contribution in [0.4, 0.5) is 9.18 Å². The summed E-state index contributed by atoms with van der Waals surface area (Å²) in [6, 6.07) is -5.04. The highest BCUT2D eigenvalue weighted by Gasteiger charge is 2.27. The first kappa shape index (κ1) is 14.5. The van der Waals surface area contributed by atoms with Crippen LogP contribution in [0.3, 0.4) is 0 Å². The lowest BCUT2D eigenvalue weighted by atomic mass is 10.0. The number of halogens is 1. The second kappa shape index (κ2) is 11.1. The molecule has 1 saturated heterocycles. The normalized spacial score (nSPS) is 18.7. The number of ether oxygens (including phenoxy) is 1. The number of carbonyl (C=O) groups is 1. The predicted octanol–water partition coefficient (Wildman–Crippen LogP) is 4.67. The molecule has 0 bridgehead atoms. The third-order valence-electron chi connectivity index (χ3n) is 5.00. The van der Waals surface area contributed by atoms with Gasteiger partial charge in [0.05, 0.1) is 17.6 Å². The first-order chi connectivity index (χ1) is 18.3. The van der Waals surface area contributed by atoms with Crippen molar-refractivity contribution in [3.05, 3.63) is 65.3 Å². The van der Waals surface area contributed by atoms with Crippen LogP contribution in [0, 0.1) is 11.7 Å². The van der Waals surface area contributed by atoms with E-state index in [1.165, 1.54) is 4.90 Å². The Bertz CT molecular complexity index is 1180. The van der Waals surface area contributed by atoms with Crippen LogP contribution in [0.2, 0.25) is 0 Å². The quantitative estimate of drug-likeness (QED) is 0.656. The van der Waals surface area contributed by atoms with Gasteiger partial charge in [0.15, 0.2) is 0 Å². The zero-order chi connectivity index (χ0) is 29.2. The standard InChI is InChI=1S/C25H34FN3O2/c1-19(2)18-31-24-10-6-20(7-11-24)16-27-25(30)29(23-12-14-28(3)15-13-23)17-21-4-8-22(26)9-5-21/h4-11,19,23H,12-18H2,1-3H3,(H,27,30)/i4D,5D,6D,7D,8D,9D,10D,11D. The first-order valence-corrected chi connectivity index (χ1v) is 10.5. The Morgan fingerprint density at radius 1 is 1.16 bits per heavy atom. The number of likely N-dealkylation sites (tertiary alicyclic amines) is 1. The van der Waals surface area contributed by atoms with Gasteiger partial charge >= 0.3 is 6.03 Å². The summed E-state index contributed by atoms with van der Waals surface area (Å²) in [5, 5.41) is 2.65. The molecule has 2 amide bonds. The van der Waals surface area contributed by atoms with Gasteiger partial charge in [-0.15, -0.1) is 0 Å². The van der Waals surface area contributed by atoms with E-state index in [0.29, 0.717) is 25.9 Å². The average Bonchev–Trinajstić information content (AvgIpc) is 2.90. The van der Waals surface area contributed by atoms with Gasteiger partial charge in [-0.2, -0.15) is 0 Å². The molecule has 1 fully saturated rings. The minimum Gasteiger partial charge on any atom is -0.493 e. The fraction of sp³-hybridized carbons (Fsp3) is 0.480. The van der Waals surface area contributed by atoms with Gasteiger partial charge in [0.1, 0.15) is 11.6 Å². The van der Waals surface area contributed by atoms with Crippen molar-refractivity contribution in [2.24, 2.45) is 5.92 Å². The van der Waals surface area contributed by atoms with E-state index in [9.17, 15) is 9.18 Å². The molecule has 3 rings (SSSR count). The molecule has 2 aromatic rings. The van der Waals surface area contributed by atoms with E-state index in [0.717, 1.165) is 0 Å². The number of piperidine rings is 1. The minimum atomic E-state index is -1.26. The monoisotopic (exact) mass is 435 g/mol. The number of rotatable bonds is 8. The van der Waals surface area contributed by atoms with Crippen molar-refractivity contribution in [1.82, 2.24) is 15.1 Å². The lowest BCUT2D eigenvalue weighted by Gasteiger charge is -2.37. The van der Waals surface area contributed by atoms with Crippen LogP contribution in [0.5, 0.6) is 5.75 Å². The second-order valence-corrected chi connectivity index (χ2v) is 8.13. The summed E-state index contributed by atoms with van der Waals surface area (Å²) in [7, 11) is 1.94. The second-order valence-electron chi connectivity index (χ2n) is 8.13. The Kier molecular flexibility index (Phi) is 5.20. The molecular formula is C25H34FN3O2. The molecule has 1 aliphatic rings. The van der Waals surface area contributed by atoms with E-state index in [4.69, 9.17) is 15.7 Å². The number of amides is 2. The summed E-state index contributed by atoms with van der Waals surface area (Å²) in [6.45, 7) is 4.76. The van der Waals surface area contributed by atoms with Gasteiger partial charge in [0, 0.05) is 19.1 Å².